The molecule has 1 aliphatic heterocycles. The molecule has 1 aromatic carbocycles. The van der Waals surface area contributed by atoms with Gasteiger partial charge >= 0.3 is 0 Å². The Morgan fingerprint density at radius 3 is 2.11 bits per heavy atom. The molecule has 0 atom stereocenters. The molecule has 0 amide bonds. The third-order valence-electron chi connectivity index (χ3n) is 5.27. The predicted molar refractivity (Wildman–Crippen MR) is 107 cm³/mol. The molecule has 1 aliphatic carbocycles. The van der Waals surface area contributed by atoms with Gasteiger partial charge in [-0.1, -0.05) is 12.1 Å². The molecule has 5 nitrogen and oxygen atoms in total. The summed E-state index contributed by atoms with van der Waals surface area (Å²) < 4.78 is 0. The van der Waals surface area contributed by atoms with Gasteiger partial charge in [0.2, 0.25) is 0 Å². The molecule has 0 N–H and O–H groups in total. The SMILES string of the molecule is Cc1cnc2c(c1)N=Nc1cc(C)cnc1N2c1cccc2c1CCCC2. The van der Waals surface area contributed by atoms with Gasteiger partial charge in [0, 0.05) is 12.4 Å². The molecule has 0 unspecified atom stereocenters. The van der Waals surface area contributed by atoms with Crippen LogP contribution in [0.1, 0.15) is 35.1 Å². The molecule has 0 fully saturated rings. The van der Waals surface area contributed by atoms with Crippen LogP contribution in [0, 0.1) is 13.8 Å². The number of aryl methyl sites for hydroxylation is 3. The lowest BCUT2D eigenvalue weighted by atomic mass is 9.90. The van der Waals surface area contributed by atoms with Gasteiger partial charge in [0.15, 0.2) is 11.6 Å². The van der Waals surface area contributed by atoms with Crippen molar-refractivity contribution in [2.75, 3.05) is 4.90 Å². The van der Waals surface area contributed by atoms with Gasteiger partial charge in [0.05, 0.1) is 5.69 Å². The molecule has 2 aromatic heterocycles. The van der Waals surface area contributed by atoms with Gasteiger partial charge in [-0.15, -0.1) is 10.2 Å². The number of rotatable bonds is 1. The molecule has 0 radical (unpaired) electrons. The zero-order valence-corrected chi connectivity index (χ0v) is 15.6. The first-order valence-corrected chi connectivity index (χ1v) is 9.46. The van der Waals surface area contributed by atoms with Crippen LogP contribution in [-0.2, 0) is 12.8 Å². The second-order valence-corrected chi connectivity index (χ2v) is 7.37. The summed E-state index contributed by atoms with van der Waals surface area (Å²) in [5.41, 5.74) is 7.66. The van der Waals surface area contributed by atoms with E-state index in [0.29, 0.717) is 0 Å². The molecule has 0 saturated carbocycles. The third kappa shape index (κ3) is 2.70. The van der Waals surface area contributed by atoms with Crippen molar-refractivity contribution in [2.45, 2.75) is 39.5 Å². The van der Waals surface area contributed by atoms with Gasteiger partial charge in [-0.25, -0.2) is 9.97 Å². The summed E-state index contributed by atoms with van der Waals surface area (Å²) in [4.78, 5) is 11.6. The molecule has 3 heterocycles. The summed E-state index contributed by atoms with van der Waals surface area (Å²) in [5, 5.41) is 9.00. The van der Waals surface area contributed by atoms with Gasteiger partial charge in [0.1, 0.15) is 11.4 Å². The van der Waals surface area contributed by atoms with Crippen LogP contribution in [0.2, 0.25) is 0 Å². The molecule has 0 bridgehead atoms. The summed E-state index contributed by atoms with van der Waals surface area (Å²) >= 11 is 0. The Kier molecular flexibility index (Phi) is 3.74. The molecule has 0 saturated heterocycles. The van der Waals surface area contributed by atoms with Gasteiger partial charge in [-0.2, -0.15) is 0 Å². The van der Waals surface area contributed by atoms with Crippen molar-refractivity contribution in [3.63, 3.8) is 0 Å². The van der Waals surface area contributed by atoms with Crippen molar-refractivity contribution in [1.29, 1.82) is 0 Å². The largest absolute Gasteiger partial charge is 0.275 e. The van der Waals surface area contributed by atoms with Crippen LogP contribution in [0.4, 0.5) is 28.7 Å². The number of anilines is 3. The average molecular weight is 355 g/mol. The standard InChI is InChI=1S/C22H21N5/c1-14-10-18-21(23-12-14)27(22-19(26-25-18)11-15(2)13-24-22)20-9-5-7-16-6-3-4-8-17(16)20/h5,7,9-13H,3-4,6,8H2,1-2H3. The van der Waals surface area contributed by atoms with Crippen LogP contribution in [0.5, 0.6) is 0 Å². The Labute approximate surface area is 158 Å². The second kappa shape index (κ2) is 6.27. The van der Waals surface area contributed by atoms with E-state index in [9.17, 15) is 0 Å². The first-order valence-electron chi connectivity index (χ1n) is 9.46. The summed E-state index contributed by atoms with van der Waals surface area (Å²) in [5.74, 6) is 1.58. The van der Waals surface area contributed by atoms with Crippen LogP contribution in [0.15, 0.2) is 53.0 Å². The first kappa shape index (κ1) is 16.1. The Hall–Kier alpha value is -3.08. The fraction of sp³-hybridized carbons (Fsp3) is 0.273. The van der Waals surface area contributed by atoms with E-state index in [1.54, 1.807) is 0 Å². The topological polar surface area (TPSA) is 53.7 Å². The quantitative estimate of drug-likeness (QED) is 0.410. The highest BCUT2D eigenvalue weighted by molar-refractivity contribution is 5.86. The molecule has 0 spiro atoms. The fourth-order valence-electron chi connectivity index (χ4n) is 3.99. The smallest absolute Gasteiger partial charge is 0.166 e. The minimum absolute atomic E-state index is 0.777. The van der Waals surface area contributed by atoms with Gasteiger partial charge < -0.3 is 0 Å². The van der Waals surface area contributed by atoms with Crippen LogP contribution >= 0.6 is 0 Å². The van der Waals surface area contributed by atoms with E-state index in [1.165, 1.54) is 24.0 Å². The normalized spacial score (nSPS) is 15.0. The van der Waals surface area contributed by atoms with Crippen LogP contribution in [-0.4, -0.2) is 9.97 Å². The number of hydrogen-bond donors (Lipinski definition) is 0. The van der Waals surface area contributed by atoms with Gasteiger partial charge in [-0.05, 0) is 80.0 Å². The molecule has 27 heavy (non-hydrogen) atoms. The predicted octanol–water partition coefficient (Wildman–Crippen LogP) is 6.17. The lowest BCUT2D eigenvalue weighted by Crippen LogP contribution is -2.17. The maximum absolute atomic E-state index is 4.74. The van der Waals surface area contributed by atoms with Gasteiger partial charge in [-0.3, -0.25) is 4.90 Å². The van der Waals surface area contributed by atoms with Crippen LogP contribution in [0.3, 0.4) is 0 Å². The van der Waals surface area contributed by atoms with Crippen molar-refractivity contribution < 1.29 is 0 Å². The van der Waals surface area contributed by atoms with Crippen molar-refractivity contribution in [3.8, 4) is 0 Å². The van der Waals surface area contributed by atoms with E-state index in [1.807, 2.05) is 38.4 Å². The van der Waals surface area contributed by atoms with Crippen molar-refractivity contribution in [3.05, 3.63) is 65.0 Å². The van der Waals surface area contributed by atoms with Gasteiger partial charge in [0.25, 0.3) is 0 Å². The highest BCUT2D eigenvalue weighted by Crippen LogP contribution is 2.47. The molecular formula is C22H21N5. The highest BCUT2D eigenvalue weighted by atomic mass is 15.3. The van der Waals surface area contributed by atoms with E-state index < -0.39 is 0 Å². The molecule has 134 valence electrons. The van der Waals surface area contributed by atoms with Crippen molar-refractivity contribution in [1.82, 2.24) is 9.97 Å². The molecule has 3 aromatic rings. The maximum Gasteiger partial charge on any atom is 0.166 e. The number of benzene rings is 1. The number of azo groups is 1. The monoisotopic (exact) mass is 355 g/mol. The highest BCUT2D eigenvalue weighted by Gasteiger charge is 2.27. The summed E-state index contributed by atoms with van der Waals surface area (Å²) in [6.45, 7) is 4.05. The van der Waals surface area contributed by atoms with Crippen LogP contribution in [0.25, 0.3) is 0 Å². The maximum atomic E-state index is 4.74. The molecule has 5 heteroatoms. The zero-order valence-electron chi connectivity index (χ0n) is 15.6. The average Bonchev–Trinajstić information content (AvgIpc) is 2.84. The molecule has 2 aliphatic rings. The zero-order chi connectivity index (χ0) is 18.4. The van der Waals surface area contributed by atoms with E-state index in [2.05, 4.69) is 33.3 Å². The minimum atomic E-state index is 0.777. The van der Waals surface area contributed by atoms with Crippen molar-refractivity contribution in [2.24, 2.45) is 10.2 Å². The molecule has 5 rings (SSSR count). The summed E-state index contributed by atoms with van der Waals surface area (Å²) in [7, 11) is 0. The number of nitrogens with zero attached hydrogens (tertiary/aromatic N) is 5. The number of pyridine rings is 2. The summed E-state index contributed by atoms with van der Waals surface area (Å²) in [6.07, 6.45) is 8.46. The third-order valence-corrected chi connectivity index (χ3v) is 5.27. The van der Waals surface area contributed by atoms with Crippen molar-refractivity contribution >= 4 is 28.7 Å². The molecular weight excluding hydrogens is 334 g/mol. The number of aromatic nitrogens is 2. The lowest BCUT2D eigenvalue weighted by molar-refractivity contribution is 0.685. The number of hydrogen-bond acceptors (Lipinski definition) is 5. The minimum Gasteiger partial charge on any atom is -0.275 e. The lowest BCUT2D eigenvalue weighted by Gasteiger charge is -2.28. The van der Waals surface area contributed by atoms with E-state index >= 15 is 0 Å². The van der Waals surface area contributed by atoms with Crippen LogP contribution < -0.4 is 4.90 Å². The van der Waals surface area contributed by atoms with E-state index in [-0.39, 0.29) is 0 Å². The first-order chi connectivity index (χ1) is 13.2. The fourth-order valence-corrected chi connectivity index (χ4v) is 3.99. The van der Waals surface area contributed by atoms with E-state index in [0.717, 1.165) is 52.7 Å². The number of fused-ring (bicyclic) bond motifs is 3. The Morgan fingerprint density at radius 2 is 1.44 bits per heavy atom. The Bertz CT molecular complexity index is 1010. The Balaban J connectivity index is 1.80. The second-order valence-electron chi connectivity index (χ2n) is 7.37. The Morgan fingerprint density at radius 1 is 0.815 bits per heavy atom. The summed E-state index contributed by atoms with van der Waals surface area (Å²) in [6, 6.07) is 10.6. The van der Waals surface area contributed by atoms with E-state index in [4.69, 9.17) is 9.97 Å².